The van der Waals surface area contributed by atoms with E-state index in [1.807, 2.05) is 11.3 Å². The second-order valence-corrected chi connectivity index (χ2v) is 5.30. The van der Waals surface area contributed by atoms with Crippen molar-refractivity contribution in [1.82, 2.24) is 9.88 Å². The van der Waals surface area contributed by atoms with Gasteiger partial charge in [0.1, 0.15) is 0 Å². The molecule has 0 aliphatic rings. The summed E-state index contributed by atoms with van der Waals surface area (Å²) in [6, 6.07) is 6.52. The van der Waals surface area contributed by atoms with E-state index < -0.39 is 0 Å². The lowest BCUT2D eigenvalue weighted by Gasteiger charge is -2.02. The Morgan fingerprint density at radius 2 is 2.29 bits per heavy atom. The Balaban J connectivity index is 1.67. The Hall–Kier alpha value is -1.06. The molecule has 2 rings (SSSR count). The van der Waals surface area contributed by atoms with Crippen molar-refractivity contribution in [3.05, 3.63) is 46.4 Å². The number of nitrogens with one attached hydrogen (secondary N) is 1. The number of aromatic nitrogens is 1. The van der Waals surface area contributed by atoms with Gasteiger partial charge in [-0.2, -0.15) is 0 Å². The van der Waals surface area contributed by atoms with Crippen LogP contribution in [0.15, 0.2) is 36.0 Å². The molecule has 0 bridgehead atoms. The monoisotopic (exact) mass is 248 g/mol. The van der Waals surface area contributed by atoms with Crippen LogP contribution in [0, 0.1) is 0 Å². The normalized spacial score (nSPS) is 10.9. The van der Waals surface area contributed by atoms with Crippen molar-refractivity contribution < 1.29 is 0 Å². The highest BCUT2D eigenvalue weighted by atomic mass is 32.1. The van der Waals surface area contributed by atoms with Crippen LogP contribution < -0.4 is 5.32 Å². The summed E-state index contributed by atoms with van der Waals surface area (Å²) in [5, 5.41) is 5.63. The number of hydrogen-bond acceptors (Lipinski definition) is 2. The number of aryl methyl sites for hydroxylation is 1. The van der Waals surface area contributed by atoms with Crippen LogP contribution in [0.4, 0.5) is 0 Å². The zero-order valence-corrected chi connectivity index (χ0v) is 11.2. The fourth-order valence-corrected chi connectivity index (χ4v) is 2.60. The SMILES string of the molecule is CCCn1ccc(CNCCc2cccs2)c1. The van der Waals surface area contributed by atoms with Crippen LogP contribution in [0.2, 0.25) is 0 Å². The molecule has 0 saturated carbocycles. The Morgan fingerprint density at radius 1 is 1.35 bits per heavy atom. The topological polar surface area (TPSA) is 17.0 Å². The average Bonchev–Trinajstić information content (AvgIpc) is 2.96. The minimum Gasteiger partial charge on any atom is -0.354 e. The minimum atomic E-state index is 0.974. The molecule has 92 valence electrons. The number of rotatable bonds is 7. The zero-order chi connectivity index (χ0) is 11.9. The molecule has 0 saturated heterocycles. The maximum atomic E-state index is 3.49. The summed E-state index contributed by atoms with van der Waals surface area (Å²) in [5.74, 6) is 0. The summed E-state index contributed by atoms with van der Waals surface area (Å²) < 4.78 is 2.26. The van der Waals surface area contributed by atoms with Gasteiger partial charge >= 0.3 is 0 Å². The van der Waals surface area contributed by atoms with Gasteiger partial charge in [0.2, 0.25) is 0 Å². The quantitative estimate of drug-likeness (QED) is 0.744. The van der Waals surface area contributed by atoms with Crippen LogP contribution in [0.5, 0.6) is 0 Å². The lowest BCUT2D eigenvalue weighted by Crippen LogP contribution is -2.15. The van der Waals surface area contributed by atoms with Crippen LogP contribution in [0.1, 0.15) is 23.8 Å². The van der Waals surface area contributed by atoms with Crippen LogP contribution >= 0.6 is 11.3 Å². The van der Waals surface area contributed by atoms with Crippen molar-refractivity contribution in [1.29, 1.82) is 0 Å². The predicted octanol–water partition coefficient (Wildman–Crippen LogP) is 3.29. The summed E-state index contributed by atoms with van der Waals surface area (Å²) in [4.78, 5) is 1.46. The maximum absolute atomic E-state index is 3.49. The first-order chi connectivity index (χ1) is 8.38. The second kappa shape index (κ2) is 6.62. The van der Waals surface area contributed by atoms with Gasteiger partial charge < -0.3 is 9.88 Å². The van der Waals surface area contributed by atoms with Crippen molar-refractivity contribution in [3.63, 3.8) is 0 Å². The second-order valence-electron chi connectivity index (χ2n) is 4.26. The van der Waals surface area contributed by atoms with E-state index in [0.717, 1.165) is 26.1 Å². The predicted molar refractivity (Wildman–Crippen MR) is 74.5 cm³/mol. The van der Waals surface area contributed by atoms with E-state index in [4.69, 9.17) is 0 Å². The van der Waals surface area contributed by atoms with Crippen molar-refractivity contribution in [2.75, 3.05) is 6.54 Å². The number of nitrogens with zero attached hydrogens (tertiary/aromatic N) is 1. The molecule has 0 aliphatic carbocycles. The maximum Gasteiger partial charge on any atom is 0.0220 e. The summed E-state index contributed by atoms with van der Waals surface area (Å²) in [5.41, 5.74) is 1.38. The molecule has 2 aromatic rings. The molecule has 0 aliphatic heterocycles. The molecule has 0 fully saturated rings. The first kappa shape index (κ1) is 12.4. The molecule has 0 unspecified atom stereocenters. The standard InChI is InChI=1S/C14H20N2S/c1-2-8-16-9-6-13(12-16)11-15-7-5-14-4-3-10-17-14/h3-4,6,9-10,12,15H,2,5,7-8,11H2,1H3. The highest BCUT2D eigenvalue weighted by Crippen LogP contribution is 2.08. The molecule has 17 heavy (non-hydrogen) atoms. The Labute approximate surface area is 107 Å². The number of thiophene rings is 1. The van der Waals surface area contributed by atoms with Crippen LogP contribution in [0.3, 0.4) is 0 Å². The van der Waals surface area contributed by atoms with E-state index in [0.29, 0.717) is 0 Å². The molecule has 0 aromatic carbocycles. The van der Waals surface area contributed by atoms with Crippen LogP contribution in [-0.2, 0) is 19.5 Å². The van der Waals surface area contributed by atoms with Gasteiger partial charge in [0.25, 0.3) is 0 Å². The number of hydrogen-bond donors (Lipinski definition) is 1. The molecule has 2 nitrogen and oxygen atoms in total. The summed E-state index contributed by atoms with van der Waals surface area (Å²) in [6.07, 6.45) is 6.73. The van der Waals surface area contributed by atoms with E-state index in [-0.39, 0.29) is 0 Å². The van der Waals surface area contributed by atoms with Gasteiger partial charge in [-0.15, -0.1) is 11.3 Å². The van der Waals surface area contributed by atoms with E-state index >= 15 is 0 Å². The van der Waals surface area contributed by atoms with Crippen LogP contribution in [-0.4, -0.2) is 11.1 Å². The first-order valence-corrected chi connectivity index (χ1v) is 7.14. The molecule has 0 radical (unpaired) electrons. The van der Waals surface area contributed by atoms with Gasteiger partial charge in [0.05, 0.1) is 0 Å². The average molecular weight is 248 g/mol. The van der Waals surface area contributed by atoms with Crippen molar-refractivity contribution in [2.24, 2.45) is 0 Å². The molecule has 0 amide bonds. The molecule has 0 spiro atoms. The zero-order valence-electron chi connectivity index (χ0n) is 10.4. The third-order valence-corrected chi connectivity index (χ3v) is 3.69. The van der Waals surface area contributed by atoms with Crippen molar-refractivity contribution in [2.45, 2.75) is 32.9 Å². The van der Waals surface area contributed by atoms with Crippen molar-refractivity contribution >= 4 is 11.3 Å². The highest BCUT2D eigenvalue weighted by Gasteiger charge is 1.97. The summed E-state index contributed by atoms with van der Waals surface area (Å²) in [6.45, 7) is 5.36. The fraction of sp³-hybridized carbons (Fsp3) is 0.429. The van der Waals surface area contributed by atoms with Crippen LogP contribution in [0.25, 0.3) is 0 Å². The molecular weight excluding hydrogens is 228 g/mol. The third kappa shape index (κ3) is 4.02. The van der Waals surface area contributed by atoms with E-state index in [9.17, 15) is 0 Å². The Morgan fingerprint density at radius 3 is 3.06 bits per heavy atom. The van der Waals surface area contributed by atoms with Gasteiger partial charge in [-0.3, -0.25) is 0 Å². The van der Waals surface area contributed by atoms with Gasteiger partial charge in [-0.05, 0) is 35.9 Å². The van der Waals surface area contributed by atoms with Gasteiger partial charge in [-0.1, -0.05) is 13.0 Å². The summed E-state index contributed by atoms with van der Waals surface area (Å²) in [7, 11) is 0. The lowest BCUT2D eigenvalue weighted by atomic mass is 10.3. The Kier molecular flexibility index (Phi) is 4.83. The molecule has 2 aromatic heterocycles. The van der Waals surface area contributed by atoms with E-state index in [1.165, 1.54) is 16.9 Å². The Bertz CT molecular complexity index is 417. The van der Waals surface area contributed by atoms with Crippen molar-refractivity contribution in [3.8, 4) is 0 Å². The molecule has 1 N–H and O–H groups in total. The lowest BCUT2D eigenvalue weighted by molar-refractivity contribution is 0.668. The molecule has 0 atom stereocenters. The van der Waals surface area contributed by atoms with Gasteiger partial charge in [-0.25, -0.2) is 0 Å². The smallest absolute Gasteiger partial charge is 0.0220 e. The molecule has 3 heteroatoms. The molecular formula is C14H20N2S. The first-order valence-electron chi connectivity index (χ1n) is 6.26. The van der Waals surface area contributed by atoms with Gasteiger partial charge in [0, 0.05) is 36.9 Å². The van der Waals surface area contributed by atoms with Gasteiger partial charge in [0.15, 0.2) is 0 Å². The largest absolute Gasteiger partial charge is 0.354 e. The van der Waals surface area contributed by atoms with E-state index in [1.54, 1.807) is 0 Å². The van der Waals surface area contributed by atoms with E-state index in [2.05, 4.69) is 52.8 Å². The fourth-order valence-electron chi connectivity index (χ4n) is 1.89. The third-order valence-electron chi connectivity index (χ3n) is 2.75. The summed E-state index contributed by atoms with van der Waals surface area (Å²) >= 11 is 1.84. The highest BCUT2D eigenvalue weighted by molar-refractivity contribution is 7.09. The molecule has 2 heterocycles. The minimum absolute atomic E-state index is 0.974.